The Bertz CT molecular complexity index is 1100. The number of phenolic OH excluding ortho intramolecular Hbond substituents is 1. The zero-order valence-electron chi connectivity index (χ0n) is 14.8. The molecule has 29 heavy (non-hydrogen) atoms. The number of para-hydroxylation sites is 1. The average Bonchev–Trinajstić information content (AvgIpc) is 2.68. The van der Waals surface area contributed by atoms with E-state index in [-0.39, 0.29) is 27.6 Å². The van der Waals surface area contributed by atoms with Gasteiger partial charge in [-0.1, -0.05) is 47.5 Å². The molecular formula is C21H14Cl2N2O4. The number of nitrogens with one attached hydrogen (secondary N) is 1. The molecule has 0 aromatic heterocycles. The van der Waals surface area contributed by atoms with Gasteiger partial charge in [-0.15, -0.1) is 0 Å². The van der Waals surface area contributed by atoms with Gasteiger partial charge < -0.3 is 9.84 Å². The number of benzene rings is 3. The third-order valence-electron chi connectivity index (χ3n) is 3.75. The molecule has 0 saturated heterocycles. The fraction of sp³-hybridized carbons (Fsp3) is 0. The minimum absolute atomic E-state index is 0.104. The molecule has 3 rings (SSSR count). The number of hydrogen-bond acceptors (Lipinski definition) is 5. The van der Waals surface area contributed by atoms with Crippen LogP contribution in [0, 0.1) is 0 Å². The standard InChI is InChI=1S/C21H14Cl2N2O4/c22-14-8-9-16(18(23)11-14)21(28)29-15-5-3-4-13(10-15)12-24-25-20(27)17-6-1-2-7-19(17)26/h1-12,26H,(H,25,27)/b24-12+. The summed E-state index contributed by atoms with van der Waals surface area (Å²) in [5.41, 5.74) is 3.19. The molecular weight excluding hydrogens is 415 g/mol. The smallest absolute Gasteiger partial charge is 0.345 e. The van der Waals surface area contributed by atoms with Crippen LogP contribution in [0.5, 0.6) is 11.5 Å². The molecule has 3 aromatic rings. The number of phenols is 1. The van der Waals surface area contributed by atoms with E-state index in [0.717, 1.165) is 0 Å². The van der Waals surface area contributed by atoms with Crippen molar-refractivity contribution < 1.29 is 19.4 Å². The lowest BCUT2D eigenvalue weighted by atomic mass is 10.2. The molecule has 146 valence electrons. The molecule has 6 nitrogen and oxygen atoms in total. The number of esters is 1. The van der Waals surface area contributed by atoms with Gasteiger partial charge in [0.2, 0.25) is 0 Å². The number of halogens is 2. The SMILES string of the molecule is O=C(N/N=C/c1cccc(OC(=O)c2ccc(Cl)cc2Cl)c1)c1ccccc1O. The number of aromatic hydroxyl groups is 1. The monoisotopic (exact) mass is 428 g/mol. The van der Waals surface area contributed by atoms with Crippen LogP contribution < -0.4 is 10.2 Å². The molecule has 0 aliphatic heterocycles. The van der Waals surface area contributed by atoms with E-state index in [0.29, 0.717) is 10.6 Å². The second-order valence-electron chi connectivity index (χ2n) is 5.80. The maximum Gasteiger partial charge on any atom is 0.345 e. The summed E-state index contributed by atoms with van der Waals surface area (Å²) >= 11 is 11.8. The lowest BCUT2D eigenvalue weighted by Crippen LogP contribution is -2.17. The molecule has 0 bridgehead atoms. The van der Waals surface area contributed by atoms with Gasteiger partial charge in [-0.2, -0.15) is 5.10 Å². The van der Waals surface area contributed by atoms with E-state index in [1.54, 1.807) is 42.5 Å². The number of nitrogens with zero attached hydrogens (tertiary/aromatic N) is 1. The Morgan fingerprint density at radius 1 is 0.966 bits per heavy atom. The summed E-state index contributed by atoms with van der Waals surface area (Å²) < 4.78 is 5.33. The summed E-state index contributed by atoms with van der Waals surface area (Å²) in [7, 11) is 0. The van der Waals surface area contributed by atoms with E-state index < -0.39 is 11.9 Å². The van der Waals surface area contributed by atoms with E-state index >= 15 is 0 Å². The van der Waals surface area contributed by atoms with Crippen molar-refractivity contribution in [2.75, 3.05) is 0 Å². The minimum Gasteiger partial charge on any atom is -0.507 e. The number of hydrogen-bond donors (Lipinski definition) is 2. The Hall–Kier alpha value is -3.35. The van der Waals surface area contributed by atoms with Gasteiger partial charge in [-0.25, -0.2) is 10.2 Å². The van der Waals surface area contributed by atoms with Crippen molar-refractivity contribution in [2.24, 2.45) is 5.10 Å². The highest BCUT2D eigenvalue weighted by atomic mass is 35.5. The number of ether oxygens (including phenoxy) is 1. The predicted molar refractivity (Wildman–Crippen MR) is 111 cm³/mol. The Labute approximate surface area is 176 Å². The number of amides is 1. The largest absolute Gasteiger partial charge is 0.507 e. The Morgan fingerprint density at radius 2 is 1.76 bits per heavy atom. The highest BCUT2D eigenvalue weighted by Crippen LogP contribution is 2.23. The summed E-state index contributed by atoms with van der Waals surface area (Å²) in [5, 5.41) is 14.1. The minimum atomic E-state index is -0.631. The van der Waals surface area contributed by atoms with E-state index in [1.165, 1.54) is 30.5 Å². The lowest BCUT2D eigenvalue weighted by Gasteiger charge is -2.07. The molecule has 0 fully saturated rings. The second-order valence-corrected chi connectivity index (χ2v) is 6.65. The summed E-state index contributed by atoms with van der Waals surface area (Å²) in [5.74, 6) is -1.06. The number of carbonyl (C=O) groups is 2. The van der Waals surface area contributed by atoms with Gasteiger partial charge in [0.1, 0.15) is 11.5 Å². The molecule has 0 heterocycles. The van der Waals surface area contributed by atoms with Gasteiger partial charge in [0.25, 0.3) is 5.91 Å². The number of hydrazone groups is 1. The molecule has 1 amide bonds. The molecule has 0 saturated carbocycles. The Balaban J connectivity index is 1.66. The average molecular weight is 429 g/mol. The van der Waals surface area contributed by atoms with Crippen LogP contribution in [0.15, 0.2) is 71.8 Å². The van der Waals surface area contributed by atoms with E-state index in [2.05, 4.69) is 10.5 Å². The van der Waals surface area contributed by atoms with Crippen molar-refractivity contribution >= 4 is 41.3 Å². The van der Waals surface area contributed by atoms with Crippen LogP contribution in [-0.4, -0.2) is 23.2 Å². The van der Waals surface area contributed by atoms with Crippen molar-refractivity contribution in [3.63, 3.8) is 0 Å². The molecule has 0 radical (unpaired) electrons. The molecule has 3 aromatic carbocycles. The van der Waals surface area contributed by atoms with Crippen LogP contribution in [0.3, 0.4) is 0 Å². The van der Waals surface area contributed by atoms with Gasteiger partial charge in [-0.3, -0.25) is 4.79 Å². The summed E-state index contributed by atoms with van der Waals surface area (Å²) in [6.07, 6.45) is 1.38. The van der Waals surface area contributed by atoms with Crippen LogP contribution in [0.4, 0.5) is 0 Å². The maximum absolute atomic E-state index is 12.3. The summed E-state index contributed by atoms with van der Waals surface area (Å²) in [6, 6.07) is 17.1. The van der Waals surface area contributed by atoms with Crippen LogP contribution >= 0.6 is 23.2 Å². The maximum atomic E-state index is 12.3. The third-order valence-corrected chi connectivity index (χ3v) is 4.30. The van der Waals surface area contributed by atoms with Crippen LogP contribution in [0.1, 0.15) is 26.3 Å². The molecule has 2 N–H and O–H groups in total. The number of carbonyl (C=O) groups excluding carboxylic acids is 2. The zero-order chi connectivity index (χ0) is 20.8. The third kappa shape index (κ3) is 5.34. The van der Waals surface area contributed by atoms with Gasteiger partial charge in [-0.05, 0) is 48.0 Å². The highest BCUT2D eigenvalue weighted by molar-refractivity contribution is 6.36. The second kappa shape index (κ2) is 9.23. The van der Waals surface area contributed by atoms with Crippen molar-refractivity contribution in [1.82, 2.24) is 5.43 Å². The van der Waals surface area contributed by atoms with Gasteiger partial charge in [0.05, 0.1) is 22.4 Å². The van der Waals surface area contributed by atoms with Crippen molar-refractivity contribution in [1.29, 1.82) is 0 Å². The molecule has 0 aliphatic carbocycles. The Kier molecular flexibility index (Phi) is 6.49. The van der Waals surface area contributed by atoms with Crippen LogP contribution in [-0.2, 0) is 0 Å². The molecule has 0 aliphatic rings. The van der Waals surface area contributed by atoms with Gasteiger partial charge in [0, 0.05) is 5.02 Å². The van der Waals surface area contributed by atoms with E-state index in [9.17, 15) is 14.7 Å². The first-order valence-corrected chi connectivity index (χ1v) is 9.08. The summed E-state index contributed by atoms with van der Waals surface area (Å²) in [6.45, 7) is 0. The van der Waals surface area contributed by atoms with Crippen molar-refractivity contribution in [3.8, 4) is 11.5 Å². The first-order chi connectivity index (χ1) is 13.9. The summed E-state index contributed by atoms with van der Waals surface area (Å²) in [4.78, 5) is 24.3. The number of rotatable bonds is 5. The fourth-order valence-corrected chi connectivity index (χ4v) is 2.85. The highest BCUT2D eigenvalue weighted by Gasteiger charge is 2.13. The fourth-order valence-electron chi connectivity index (χ4n) is 2.37. The van der Waals surface area contributed by atoms with Crippen LogP contribution in [0.2, 0.25) is 10.0 Å². The van der Waals surface area contributed by atoms with Gasteiger partial charge >= 0.3 is 5.97 Å². The first-order valence-electron chi connectivity index (χ1n) is 8.33. The molecule has 0 atom stereocenters. The van der Waals surface area contributed by atoms with E-state index in [1.807, 2.05) is 0 Å². The van der Waals surface area contributed by atoms with E-state index in [4.69, 9.17) is 27.9 Å². The van der Waals surface area contributed by atoms with Crippen molar-refractivity contribution in [2.45, 2.75) is 0 Å². The zero-order valence-corrected chi connectivity index (χ0v) is 16.3. The quantitative estimate of drug-likeness (QED) is 0.267. The van der Waals surface area contributed by atoms with Gasteiger partial charge in [0.15, 0.2) is 0 Å². The lowest BCUT2D eigenvalue weighted by molar-refractivity contribution is 0.0734. The predicted octanol–water partition coefficient (Wildman–Crippen LogP) is 4.68. The normalized spacial score (nSPS) is 10.7. The first kappa shape index (κ1) is 20.4. The van der Waals surface area contributed by atoms with Crippen molar-refractivity contribution in [3.05, 3.63) is 93.5 Å². The van der Waals surface area contributed by atoms with Crippen LogP contribution in [0.25, 0.3) is 0 Å². The molecule has 0 spiro atoms. The topological polar surface area (TPSA) is 88.0 Å². The molecule has 0 unspecified atom stereocenters. The Morgan fingerprint density at radius 3 is 2.52 bits per heavy atom. The molecule has 8 heteroatoms.